The largest absolute Gasteiger partial charge is 0.493 e. The van der Waals surface area contributed by atoms with Crippen molar-refractivity contribution in [3.63, 3.8) is 0 Å². The Labute approximate surface area is 170 Å². The Morgan fingerprint density at radius 2 is 2.00 bits per heavy atom. The van der Waals surface area contributed by atoms with Gasteiger partial charge in [0.15, 0.2) is 0 Å². The van der Waals surface area contributed by atoms with Crippen LogP contribution in [0.5, 0.6) is 0 Å². The Morgan fingerprint density at radius 3 is 2.73 bits per heavy atom. The van der Waals surface area contributed by atoms with Crippen molar-refractivity contribution in [1.29, 1.82) is 0 Å². The average molecular weight is 406 g/mol. The third-order valence-electron chi connectivity index (χ3n) is 4.50. The normalized spacial score (nSPS) is 10.9. The number of anilines is 1. The van der Waals surface area contributed by atoms with Crippen LogP contribution in [0, 0.1) is 5.82 Å². The van der Waals surface area contributed by atoms with Crippen molar-refractivity contribution in [2.45, 2.75) is 6.54 Å². The second-order valence-corrected chi connectivity index (χ2v) is 6.49. The van der Waals surface area contributed by atoms with Gasteiger partial charge in [-0.2, -0.15) is 14.8 Å². The van der Waals surface area contributed by atoms with Crippen molar-refractivity contribution in [2.75, 3.05) is 5.32 Å². The Bertz CT molecular complexity index is 1250. The molecule has 0 aliphatic rings. The number of halogens is 1. The second kappa shape index (κ2) is 7.89. The van der Waals surface area contributed by atoms with Gasteiger partial charge < -0.3 is 21.1 Å². The van der Waals surface area contributed by atoms with E-state index in [0.29, 0.717) is 22.0 Å². The van der Waals surface area contributed by atoms with Gasteiger partial charge in [-0.25, -0.2) is 9.37 Å². The van der Waals surface area contributed by atoms with E-state index in [0.717, 1.165) is 0 Å². The monoisotopic (exact) mass is 406 g/mol. The SMILES string of the molecule is NC(=O)c1cccc2c1cnn2-c1ncc(B(O)O)c(NCc2cccc(F)c2)n1. The summed E-state index contributed by atoms with van der Waals surface area (Å²) in [5.41, 5.74) is 6.97. The maximum absolute atomic E-state index is 13.4. The van der Waals surface area contributed by atoms with Crippen LogP contribution in [0.1, 0.15) is 15.9 Å². The Morgan fingerprint density at radius 1 is 1.20 bits per heavy atom. The van der Waals surface area contributed by atoms with Gasteiger partial charge in [0.1, 0.15) is 11.6 Å². The van der Waals surface area contributed by atoms with Gasteiger partial charge in [-0.3, -0.25) is 4.79 Å². The molecule has 4 rings (SSSR count). The molecule has 2 aromatic carbocycles. The molecule has 0 unspecified atom stereocenters. The van der Waals surface area contributed by atoms with Gasteiger partial charge >= 0.3 is 7.12 Å². The lowest BCUT2D eigenvalue weighted by Gasteiger charge is -2.12. The molecule has 1 amide bonds. The van der Waals surface area contributed by atoms with Crippen molar-refractivity contribution in [2.24, 2.45) is 5.73 Å². The zero-order chi connectivity index (χ0) is 21.3. The number of benzene rings is 2. The molecule has 0 aliphatic carbocycles. The minimum atomic E-state index is -1.81. The van der Waals surface area contributed by atoms with Gasteiger partial charge in [-0.1, -0.05) is 18.2 Å². The van der Waals surface area contributed by atoms with E-state index < -0.39 is 13.0 Å². The van der Waals surface area contributed by atoms with Crippen molar-refractivity contribution in [3.8, 4) is 5.95 Å². The summed E-state index contributed by atoms with van der Waals surface area (Å²) >= 11 is 0. The number of aromatic nitrogens is 4. The Hall–Kier alpha value is -3.83. The molecule has 2 aromatic heterocycles. The van der Waals surface area contributed by atoms with Crippen LogP contribution in [-0.4, -0.2) is 42.8 Å². The van der Waals surface area contributed by atoms with E-state index in [1.54, 1.807) is 30.3 Å². The first-order valence-corrected chi connectivity index (χ1v) is 8.92. The van der Waals surface area contributed by atoms with E-state index in [1.807, 2.05) is 0 Å². The Balaban J connectivity index is 1.73. The minimum Gasteiger partial charge on any atom is -0.423 e. The predicted molar refractivity (Wildman–Crippen MR) is 109 cm³/mol. The standard InChI is InChI=1S/C19H16BFN6O3/c21-12-4-1-3-11(7-12)8-23-18-15(20(29)30)10-24-19(26-18)27-16-6-2-5-13(17(22)28)14(16)9-25-27/h1-7,9-10,29-30H,8H2,(H2,22,28)(H,23,24,26). The highest BCUT2D eigenvalue weighted by atomic mass is 19.1. The summed E-state index contributed by atoms with van der Waals surface area (Å²) in [7, 11) is -1.81. The zero-order valence-electron chi connectivity index (χ0n) is 15.5. The van der Waals surface area contributed by atoms with Crippen molar-refractivity contribution in [1.82, 2.24) is 19.7 Å². The molecule has 0 radical (unpaired) electrons. The maximum atomic E-state index is 13.4. The van der Waals surface area contributed by atoms with Gasteiger partial charge in [0.25, 0.3) is 5.95 Å². The van der Waals surface area contributed by atoms with Crippen LogP contribution in [-0.2, 0) is 6.54 Å². The summed E-state index contributed by atoms with van der Waals surface area (Å²) < 4.78 is 14.8. The molecule has 0 spiro atoms. The number of primary amides is 1. The third kappa shape index (κ3) is 3.71. The van der Waals surface area contributed by atoms with Crippen molar-refractivity contribution >= 4 is 35.2 Å². The summed E-state index contributed by atoms with van der Waals surface area (Å²) in [6.45, 7) is 0.194. The Kier molecular flexibility index (Phi) is 5.13. The number of carbonyl (C=O) groups excluding carboxylic acids is 1. The molecule has 0 bridgehead atoms. The molecule has 11 heteroatoms. The zero-order valence-corrected chi connectivity index (χ0v) is 15.5. The molecule has 0 aliphatic heterocycles. The number of nitrogens with zero attached hydrogens (tertiary/aromatic N) is 4. The van der Waals surface area contributed by atoms with Crippen LogP contribution < -0.4 is 16.5 Å². The van der Waals surface area contributed by atoms with Gasteiger partial charge in [-0.15, -0.1) is 0 Å². The lowest BCUT2D eigenvalue weighted by Crippen LogP contribution is -2.34. The second-order valence-electron chi connectivity index (χ2n) is 6.49. The fourth-order valence-electron chi connectivity index (χ4n) is 3.07. The average Bonchev–Trinajstić information content (AvgIpc) is 3.16. The molecule has 0 fully saturated rings. The molecule has 5 N–H and O–H groups in total. The number of rotatable bonds is 6. The minimum absolute atomic E-state index is 0.0458. The van der Waals surface area contributed by atoms with Crippen molar-refractivity contribution < 1.29 is 19.2 Å². The highest BCUT2D eigenvalue weighted by Gasteiger charge is 2.20. The van der Waals surface area contributed by atoms with E-state index in [4.69, 9.17) is 5.73 Å². The van der Waals surface area contributed by atoms with Crippen molar-refractivity contribution in [3.05, 3.63) is 71.8 Å². The molecular formula is C19H16BFN6O3. The third-order valence-corrected chi connectivity index (χ3v) is 4.50. The number of hydrogen-bond donors (Lipinski definition) is 4. The molecule has 0 saturated heterocycles. The van der Waals surface area contributed by atoms with Crippen LogP contribution in [0.25, 0.3) is 16.9 Å². The van der Waals surface area contributed by atoms with E-state index in [9.17, 15) is 19.2 Å². The first-order chi connectivity index (χ1) is 14.4. The molecule has 150 valence electrons. The molecule has 9 nitrogen and oxygen atoms in total. The first-order valence-electron chi connectivity index (χ1n) is 8.92. The fraction of sp³-hybridized carbons (Fsp3) is 0.0526. The topological polar surface area (TPSA) is 139 Å². The molecule has 4 aromatic rings. The maximum Gasteiger partial charge on any atom is 0.493 e. The van der Waals surface area contributed by atoms with Crippen LogP contribution >= 0.6 is 0 Å². The lowest BCUT2D eigenvalue weighted by atomic mass is 9.81. The summed E-state index contributed by atoms with van der Waals surface area (Å²) in [6, 6.07) is 11.0. The van der Waals surface area contributed by atoms with Crippen LogP contribution in [0.2, 0.25) is 0 Å². The number of nitrogens with two attached hydrogens (primary N) is 1. The van der Waals surface area contributed by atoms with Crippen LogP contribution in [0.4, 0.5) is 10.2 Å². The molecule has 0 atom stereocenters. The quantitative estimate of drug-likeness (QED) is 0.339. The summed E-state index contributed by atoms with van der Waals surface area (Å²) in [5, 5.41) is 27.0. The highest BCUT2D eigenvalue weighted by molar-refractivity contribution is 6.60. The van der Waals surface area contributed by atoms with Gasteiger partial charge in [0.05, 0.1) is 17.3 Å². The van der Waals surface area contributed by atoms with E-state index in [1.165, 1.54) is 29.2 Å². The number of hydrogen-bond acceptors (Lipinski definition) is 7. The lowest BCUT2D eigenvalue weighted by molar-refractivity contribution is 0.100. The van der Waals surface area contributed by atoms with Gasteiger partial charge in [-0.05, 0) is 29.8 Å². The van der Waals surface area contributed by atoms with Gasteiger partial charge in [0, 0.05) is 23.6 Å². The smallest absolute Gasteiger partial charge is 0.423 e. The molecule has 30 heavy (non-hydrogen) atoms. The number of carbonyl (C=O) groups is 1. The number of nitrogens with one attached hydrogen (secondary N) is 1. The van der Waals surface area contributed by atoms with E-state index in [2.05, 4.69) is 20.4 Å². The number of amides is 1. The highest BCUT2D eigenvalue weighted by Crippen LogP contribution is 2.20. The number of fused-ring (bicyclic) bond motifs is 1. The summed E-state index contributed by atoms with van der Waals surface area (Å²) in [4.78, 5) is 20.1. The fourth-order valence-corrected chi connectivity index (χ4v) is 3.07. The van der Waals surface area contributed by atoms with Crippen LogP contribution in [0.15, 0.2) is 54.9 Å². The molecular weight excluding hydrogens is 390 g/mol. The van der Waals surface area contributed by atoms with E-state index >= 15 is 0 Å². The molecule has 0 saturated carbocycles. The van der Waals surface area contributed by atoms with Crippen LogP contribution in [0.3, 0.4) is 0 Å². The summed E-state index contributed by atoms with van der Waals surface area (Å²) in [5.74, 6) is -0.683. The predicted octanol–water partition coefficient (Wildman–Crippen LogP) is 0.345. The van der Waals surface area contributed by atoms with E-state index in [-0.39, 0.29) is 29.6 Å². The van der Waals surface area contributed by atoms with Gasteiger partial charge in [0.2, 0.25) is 5.91 Å². The molecule has 2 heterocycles. The summed E-state index contributed by atoms with van der Waals surface area (Å²) in [6.07, 6.45) is 2.74. The first kappa shape index (κ1) is 19.5.